The number of benzene rings is 3. The molecular formula is C30H28N4O2S. The first-order chi connectivity index (χ1) is 18.1. The number of amides is 1. The van der Waals surface area contributed by atoms with Gasteiger partial charge in [0.05, 0.1) is 30.9 Å². The van der Waals surface area contributed by atoms with Gasteiger partial charge in [0.15, 0.2) is 5.16 Å². The molecule has 0 atom stereocenters. The van der Waals surface area contributed by atoms with Crippen molar-refractivity contribution in [2.45, 2.75) is 30.9 Å². The van der Waals surface area contributed by atoms with Crippen molar-refractivity contribution < 1.29 is 9.53 Å². The van der Waals surface area contributed by atoms with Crippen LogP contribution in [0, 0.1) is 6.92 Å². The smallest absolute Gasteiger partial charge is 0.251 e. The number of carbonyl (C=O) groups excluding carboxylic acids is 1. The number of carbonyl (C=O) groups is 1. The number of hydrogen-bond donors (Lipinski definition) is 1. The summed E-state index contributed by atoms with van der Waals surface area (Å²) in [6.45, 7) is 3.29. The average molecular weight is 509 g/mol. The number of pyridine rings is 1. The minimum Gasteiger partial charge on any atom is -0.497 e. The van der Waals surface area contributed by atoms with E-state index in [-0.39, 0.29) is 5.91 Å². The molecule has 0 aliphatic carbocycles. The zero-order chi connectivity index (χ0) is 25.6. The average Bonchev–Trinajstić information content (AvgIpc) is 3.28. The van der Waals surface area contributed by atoms with E-state index in [1.54, 1.807) is 25.1 Å². The standard InChI is InChI=1S/C30H28N4O2S/c1-21-5-3-7-24(15-21)19-34-28-18-31-14-13-27(28)33-30(34)37-20-22-9-11-25(12-10-22)29(35)32-17-23-6-4-8-26(16-23)36-2/h3-16,18H,17,19-20H2,1-2H3,(H,32,35). The van der Waals surface area contributed by atoms with Gasteiger partial charge in [0.1, 0.15) is 5.75 Å². The lowest BCUT2D eigenvalue weighted by Crippen LogP contribution is -2.22. The fraction of sp³-hybridized carbons (Fsp3) is 0.167. The molecule has 0 spiro atoms. The van der Waals surface area contributed by atoms with E-state index in [9.17, 15) is 4.79 Å². The van der Waals surface area contributed by atoms with Crippen LogP contribution in [-0.2, 0) is 18.8 Å². The largest absolute Gasteiger partial charge is 0.497 e. The van der Waals surface area contributed by atoms with Crippen LogP contribution in [-0.4, -0.2) is 27.6 Å². The number of thioether (sulfide) groups is 1. The van der Waals surface area contributed by atoms with Crippen LogP contribution in [0.3, 0.4) is 0 Å². The van der Waals surface area contributed by atoms with Crippen molar-refractivity contribution >= 4 is 28.7 Å². The molecule has 0 aliphatic rings. The summed E-state index contributed by atoms with van der Waals surface area (Å²) in [5.74, 6) is 1.42. The molecule has 0 saturated carbocycles. The second kappa shape index (κ2) is 11.3. The van der Waals surface area contributed by atoms with Crippen LogP contribution < -0.4 is 10.1 Å². The van der Waals surface area contributed by atoms with E-state index in [0.29, 0.717) is 12.1 Å². The topological polar surface area (TPSA) is 69.0 Å². The van der Waals surface area contributed by atoms with Crippen molar-refractivity contribution in [1.29, 1.82) is 0 Å². The molecule has 0 unspecified atom stereocenters. The Balaban J connectivity index is 1.25. The second-order valence-electron chi connectivity index (χ2n) is 8.85. The first-order valence-electron chi connectivity index (χ1n) is 12.1. The molecular weight excluding hydrogens is 480 g/mol. The van der Waals surface area contributed by atoms with Gasteiger partial charge in [-0.05, 0) is 53.9 Å². The van der Waals surface area contributed by atoms with Gasteiger partial charge >= 0.3 is 0 Å². The van der Waals surface area contributed by atoms with E-state index < -0.39 is 0 Å². The summed E-state index contributed by atoms with van der Waals surface area (Å²) >= 11 is 1.69. The van der Waals surface area contributed by atoms with Crippen LogP contribution in [0.4, 0.5) is 0 Å². The Morgan fingerprint density at radius 1 is 0.973 bits per heavy atom. The fourth-order valence-electron chi connectivity index (χ4n) is 4.17. The SMILES string of the molecule is COc1cccc(CNC(=O)c2ccc(CSc3nc4ccncc4n3Cc3cccc(C)c3)cc2)c1. The molecule has 5 aromatic rings. The highest BCUT2D eigenvalue weighted by Gasteiger charge is 2.13. The van der Waals surface area contributed by atoms with E-state index in [0.717, 1.165) is 45.4 Å². The zero-order valence-electron chi connectivity index (χ0n) is 20.8. The number of fused-ring (bicyclic) bond motifs is 1. The first kappa shape index (κ1) is 24.6. The number of ether oxygens (including phenoxy) is 1. The third-order valence-electron chi connectivity index (χ3n) is 6.11. The quantitative estimate of drug-likeness (QED) is 0.247. The molecule has 2 aromatic heterocycles. The van der Waals surface area contributed by atoms with E-state index >= 15 is 0 Å². The fourth-order valence-corrected chi connectivity index (χ4v) is 5.14. The number of aromatic nitrogens is 3. The van der Waals surface area contributed by atoms with Gasteiger partial charge in [-0.1, -0.05) is 65.9 Å². The summed E-state index contributed by atoms with van der Waals surface area (Å²) in [7, 11) is 1.63. The Morgan fingerprint density at radius 3 is 2.59 bits per heavy atom. The van der Waals surface area contributed by atoms with E-state index in [1.807, 2.05) is 60.8 Å². The number of rotatable bonds is 9. The maximum absolute atomic E-state index is 12.6. The Bertz CT molecular complexity index is 1530. The lowest BCUT2D eigenvalue weighted by atomic mass is 10.1. The Morgan fingerprint density at radius 2 is 1.78 bits per heavy atom. The van der Waals surface area contributed by atoms with Crippen LogP contribution in [0.15, 0.2) is 96.4 Å². The molecule has 186 valence electrons. The third kappa shape index (κ3) is 6.01. The molecule has 6 nitrogen and oxygen atoms in total. The van der Waals surface area contributed by atoms with Crippen LogP contribution in [0.2, 0.25) is 0 Å². The monoisotopic (exact) mass is 508 g/mol. The molecule has 0 radical (unpaired) electrons. The van der Waals surface area contributed by atoms with Gasteiger partial charge in [0.25, 0.3) is 5.91 Å². The number of hydrogen-bond acceptors (Lipinski definition) is 5. The van der Waals surface area contributed by atoms with Gasteiger partial charge in [-0.15, -0.1) is 0 Å². The lowest BCUT2D eigenvalue weighted by molar-refractivity contribution is 0.0951. The summed E-state index contributed by atoms with van der Waals surface area (Å²) in [5, 5.41) is 3.92. The van der Waals surface area contributed by atoms with Crippen molar-refractivity contribution in [2.75, 3.05) is 7.11 Å². The molecule has 7 heteroatoms. The predicted octanol–water partition coefficient (Wildman–Crippen LogP) is 6.02. The first-order valence-corrected chi connectivity index (χ1v) is 13.1. The van der Waals surface area contributed by atoms with E-state index in [1.165, 1.54) is 11.1 Å². The second-order valence-corrected chi connectivity index (χ2v) is 9.80. The zero-order valence-corrected chi connectivity index (χ0v) is 21.7. The van der Waals surface area contributed by atoms with Gasteiger partial charge in [-0.2, -0.15) is 0 Å². The highest BCUT2D eigenvalue weighted by molar-refractivity contribution is 7.98. The van der Waals surface area contributed by atoms with Crippen LogP contribution in [0.1, 0.15) is 32.6 Å². The summed E-state index contributed by atoms with van der Waals surface area (Å²) in [5.41, 5.74) is 7.18. The molecule has 1 N–H and O–H groups in total. The molecule has 0 fully saturated rings. The van der Waals surface area contributed by atoms with Gasteiger partial charge in [-0.3, -0.25) is 9.78 Å². The Labute approximate surface area is 220 Å². The van der Waals surface area contributed by atoms with Gasteiger partial charge in [0.2, 0.25) is 0 Å². The van der Waals surface area contributed by atoms with Crippen molar-refractivity contribution in [3.63, 3.8) is 0 Å². The molecule has 37 heavy (non-hydrogen) atoms. The van der Waals surface area contributed by atoms with Crippen molar-refractivity contribution in [1.82, 2.24) is 19.9 Å². The van der Waals surface area contributed by atoms with Gasteiger partial charge in [-0.25, -0.2) is 4.98 Å². The number of nitrogens with one attached hydrogen (secondary N) is 1. The normalized spacial score (nSPS) is 11.0. The van der Waals surface area contributed by atoms with Crippen molar-refractivity contribution in [3.8, 4) is 5.75 Å². The van der Waals surface area contributed by atoms with Crippen molar-refractivity contribution in [3.05, 3.63) is 119 Å². The lowest BCUT2D eigenvalue weighted by Gasteiger charge is -2.10. The highest BCUT2D eigenvalue weighted by Crippen LogP contribution is 2.27. The van der Waals surface area contributed by atoms with E-state index in [2.05, 4.69) is 46.1 Å². The number of aryl methyl sites for hydroxylation is 1. The summed E-state index contributed by atoms with van der Waals surface area (Å²) in [4.78, 5) is 21.8. The van der Waals surface area contributed by atoms with Crippen LogP contribution in [0.25, 0.3) is 11.0 Å². The summed E-state index contributed by atoms with van der Waals surface area (Å²) in [6.07, 6.45) is 3.65. The van der Waals surface area contributed by atoms with Gasteiger partial charge < -0.3 is 14.6 Å². The molecule has 1 amide bonds. The minimum absolute atomic E-state index is 0.102. The van der Waals surface area contributed by atoms with Crippen LogP contribution in [0.5, 0.6) is 5.75 Å². The highest BCUT2D eigenvalue weighted by atomic mass is 32.2. The van der Waals surface area contributed by atoms with E-state index in [4.69, 9.17) is 9.72 Å². The predicted molar refractivity (Wildman–Crippen MR) is 148 cm³/mol. The number of imidazole rings is 1. The summed E-state index contributed by atoms with van der Waals surface area (Å²) < 4.78 is 7.47. The maximum Gasteiger partial charge on any atom is 0.251 e. The third-order valence-corrected chi connectivity index (χ3v) is 7.16. The Kier molecular flexibility index (Phi) is 7.51. The van der Waals surface area contributed by atoms with Gasteiger partial charge in [0, 0.05) is 24.1 Å². The summed E-state index contributed by atoms with van der Waals surface area (Å²) in [6, 6.07) is 25.9. The number of methoxy groups -OCH3 is 1. The maximum atomic E-state index is 12.6. The minimum atomic E-state index is -0.102. The molecule has 0 bridgehead atoms. The molecule has 5 rings (SSSR count). The van der Waals surface area contributed by atoms with Crippen LogP contribution >= 0.6 is 11.8 Å². The number of nitrogens with zero attached hydrogens (tertiary/aromatic N) is 3. The molecule has 2 heterocycles. The molecule has 0 aliphatic heterocycles. The Hall–Kier alpha value is -4.10. The molecule has 0 saturated heterocycles. The van der Waals surface area contributed by atoms with Crippen molar-refractivity contribution in [2.24, 2.45) is 0 Å². The molecule has 3 aromatic carbocycles.